The van der Waals surface area contributed by atoms with Crippen LogP contribution in [0.15, 0.2) is 29.4 Å². The van der Waals surface area contributed by atoms with Crippen molar-refractivity contribution in [2.75, 3.05) is 6.54 Å². The van der Waals surface area contributed by atoms with Crippen LogP contribution in [-0.2, 0) is 12.3 Å². The molecular weight excluding hydrogens is 287 g/mol. The van der Waals surface area contributed by atoms with Gasteiger partial charge in [-0.3, -0.25) is 0 Å². The fraction of sp³-hybridized carbons (Fsp3) is 0.467. The van der Waals surface area contributed by atoms with E-state index in [1.807, 2.05) is 12.1 Å². The van der Waals surface area contributed by atoms with E-state index in [-0.39, 0.29) is 5.82 Å². The zero-order valence-electron chi connectivity index (χ0n) is 12.1. The van der Waals surface area contributed by atoms with Crippen molar-refractivity contribution in [3.63, 3.8) is 0 Å². The molecule has 0 bridgehead atoms. The minimum Gasteiger partial charge on any atom is -0.307 e. The summed E-state index contributed by atoms with van der Waals surface area (Å²) in [6.45, 7) is 4.04. The second-order valence-electron chi connectivity index (χ2n) is 5.15. The van der Waals surface area contributed by atoms with Crippen LogP contribution in [0.25, 0.3) is 0 Å². The summed E-state index contributed by atoms with van der Waals surface area (Å²) >= 11 is 1.65. The normalized spacial score (nSPS) is 18.3. The van der Waals surface area contributed by atoms with Crippen LogP contribution in [0.4, 0.5) is 4.39 Å². The number of aromatic nitrogens is 3. The number of hydrogen-bond donors (Lipinski definition) is 1. The van der Waals surface area contributed by atoms with Crippen LogP contribution >= 0.6 is 11.8 Å². The van der Waals surface area contributed by atoms with Crippen molar-refractivity contribution in [2.45, 2.75) is 43.3 Å². The number of rotatable bonds is 5. The molecule has 1 aliphatic rings. The lowest BCUT2D eigenvalue weighted by Gasteiger charge is -2.12. The van der Waals surface area contributed by atoms with Crippen LogP contribution in [0, 0.1) is 5.82 Å². The summed E-state index contributed by atoms with van der Waals surface area (Å²) in [5.74, 6) is 1.61. The largest absolute Gasteiger partial charge is 0.307 e. The molecule has 1 saturated heterocycles. The molecule has 1 aliphatic heterocycles. The van der Waals surface area contributed by atoms with Crippen LogP contribution in [0.3, 0.4) is 0 Å². The van der Waals surface area contributed by atoms with Crippen LogP contribution in [0.2, 0.25) is 0 Å². The van der Waals surface area contributed by atoms with Crippen molar-refractivity contribution in [1.29, 1.82) is 0 Å². The first-order valence-corrected chi connectivity index (χ1v) is 8.30. The number of thioether (sulfide) groups is 1. The Kier molecular flexibility index (Phi) is 4.55. The fourth-order valence-electron chi connectivity index (χ4n) is 2.60. The number of benzene rings is 1. The maximum absolute atomic E-state index is 12.9. The van der Waals surface area contributed by atoms with E-state index in [1.54, 1.807) is 11.8 Å². The third-order valence-corrected chi connectivity index (χ3v) is 4.75. The molecule has 1 aromatic carbocycles. The first kappa shape index (κ1) is 14.5. The van der Waals surface area contributed by atoms with Gasteiger partial charge in [0.05, 0.1) is 6.04 Å². The Labute approximate surface area is 128 Å². The van der Waals surface area contributed by atoms with Gasteiger partial charge < -0.3 is 9.88 Å². The van der Waals surface area contributed by atoms with Crippen LogP contribution in [0.1, 0.15) is 37.2 Å². The first-order valence-electron chi connectivity index (χ1n) is 7.31. The predicted octanol–water partition coefficient (Wildman–Crippen LogP) is 3.15. The monoisotopic (exact) mass is 306 g/mol. The van der Waals surface area contributed by atoms with E-state index >= 15 is 0 Å². The molecule has 1 fully saturated rings. The molecule has 1 N–H and O–H groups in total. The van der Waals surface area contributed by atoms with Crippen LogP contribution in [-0.4, -0.2) is 21.3 Å². The molecule has 0 spiro atoms. The van der Waals surface area contributed by atoms with Gasteiger partial charge in [0.25, 0.3) is 0 Å². The maximum Gasteiger partial charge on any atom is 0.191 e. The average Bonchev–Trinajstić information content (AvgIpc) is 3.15. The molecule has 0 saturated carbocycles. The van der Waals surface area contributed by atoms with Crippen molar-refractivity contribution in [3.8, 4) is 0 Å². The molecule has 3 rings (SSSR count). The van der Waals surface area contributed by atoms with Gasteiger partial charge in [-0.2, -0.15) is 0 Å². The van der Waals surface area contributed by atoms with Gasteiger partial charge in [0.2, 0.25) is 0 Å². The van der Waals surface area contributed by atoms with Gasteiger partial charge in [-0.15, -0.1) is 10.2 Å². The van der Waals surface area contributed by atoms with Gasteiger partial charge in [-0.05, 0) is 44.0 Å². The Morgan fingerprint density at radius 3 is 2.81 bits per heavy atom. The summed E-state index contributed by atoms with van der Waals surface area (Å²) < 4.78 is 15.1. The predicted molar refractivity (Wildman–Crippen MR) is 81.6 cm³/mol. The molecule has 1 atom stereocenters. The van der Waals surface area contributed by atoms with Crippen molar-refractivity contribution in [1.82, 2.24) is 20.1 Å². The molecule has 0 amide bonds. The zero-order valence-corrected chi connectivity index (χ0v) is 12.9. The standard InChI is InChI=1S/C15H19FN4S/c1-2-20-14(13-4-3-9-17-13)18-19-15(20)21-10-11-5-7-12(16)8-6-11/h5-8,13,17H,2-4,9-10H2,1H3. The Morgan fingerprint density at radius 1 is 1.33 bits per heavy atom. The van der Waals surface area contributed by atoms with Gasteiger partial charge in [0.1, 0.15) is 5.82 Å². The smallest absolute Gasteiger partial charge is 0.191 e. The number of nitrogens with one attached hydrogen (secondary N) is 1. The van der Waals surface area contributed by atoms with E-state index in [0.717, 1.165) is 41.8 Å². The number of nitrogens with zero attached hydrogens (tertiary/aromatic N) is 3. The first-order chi connectivity index (χ1) is 10.3. The summed E-state index contributed by atoms with van der Waals surface area (Å²) in [4.78, 5) is 0. The van der Waals surface area contributed by atoms with Crippen LogP contribution in [0.5, 0.6) is 0 Å². The van der Waals surface area contributed by atoms with E-state index < -0.39 is 0 Å². The fourth-order valence-corrected chi connectivity index (χ4v) is 3.56. The lowest BCUT2D eigenvalue weighted by molar-refractivity contribution is 0.542. The zero-order chi connectivity index (χ0) is 14.7. The highest BCUT2D eigenvalue weighted by Crippen LogP contribution is 2.27. The lowest BCUT2D eigenvalue weighted by atomic mass is 10.2. The minimum absolute atomic E-state index is 0.199. The Bertz CT molecular complexity index is 590. The van der Waals surface area contributed by atoms with Gasteiger partial charge in [-0.1, -0.05) is 23.9 Å². The third-order valence-electron chi connectivity index (χ3n) is 3.71. The average molecular weight is 306 g/mol. The maximum atomic E-state index is 12.9. The molecule has 21 heavy (non-hydrogen) atoms. The molecule has 2 heterocycles. The quantitative estimate of drug-likeness (QED) is 0.862. The highest BCUT2D eigenvalue weighted by molar-refractivity contribution is 7.98. The van der Waals surface area contributed by atoms with E-state index in [0.29, 0.717) is 6.04 Å². The number of halogens is 1. The topological polar surface area (TPSA) is 42.7 Å². The molecule has 6 heteroatoms. The SMILES string of the molecule is CCn1c(SCc2ccc(F)cc2)nnc1C1CCCN1. The van der Waals surface area contributed by atoms with E-state index in [4.69, 9.17) is 0 Å². The van der Waals surface area contributed by atoms with Gasteiger partial charge in [0.15, 0.2) is 11.0 Å². The van der Waals surface area contributed by atoms with Crippen molar-refractivity contribution >= 4 is 11.8 Å². The summed E-state index contributed by atoms with van der Waals surface area (Å²) in [7, 11) is 0. The van der Waals surface area contributed by atoms with E-state index in [1.165, 1.54) is 18.6 Å². The Hall–Kier alpha value is -1.40. The van der Waals surface area contributed by atoms with Crippen molar-refractivity contribution < 1.29 is 4.39 Å². The van der Waals surface area contributed by atoms with E-state index in [9.17, 15) is 4.39 Å². The summed E-state index contributed by atoms with van der Waals surface area (Å²) in [6.07, 6.45) is 2.32. The van der Waals surface area contributed by atoms with Gasteiger partial charge in [0, 0.05) is 12.3 Å². The summed E-state index contributed by atoms with van der Waals surface area (Å²) in [6, 6.07) is 6.95. The highest BCUT2D eigenvalue weighted by Gasteiger charge is 2.23. The van der Waals surface area contributed by atoms with Crippen molar-refractivity contribution in [2.24, 2.45) is 0 Å². The molecule has 112 valence electrons. The van der Waals surface area contributed by atoms with Crippen molar-refractivity contribution in [3.05, 3.63) is 41.5 Å². The van der Waals surface area contributed by atoms with E-state index in [2.05, 4.69) is 27.0 Å². The summed E-state index contributed by atoms with van der Waals surface area (Å²) in [5.41, 5.74) is 1.09. The lowest BCUT2D eigenvalue weighted by Crippen LogP contribution is -2.18. The molecule has 0 radical (unpaired) electrons. The van der Waals surface area contributed by atoms with Gasteiger partial charge >= 0.3 is 0 Å². The number of hydrogen-bond acceptors (Lipinski definition) is 4. The molecule has 2 aromatic rings. The minimum atomic E-state index is -0.199. The molecular formula is C15H19FN4S. The Balaban J connectivity index is 1.71. The second kappa shape index (κ2) is 6.58. The molecule has 1 unspecified atom stereocenters. The van der Waals surface area contributed by atoms with Crippen LogP contribution < -0.4 is 5.32 Å². The third kappa shape index (κ3) is 3.27. The van der Waals surface area contributed by atoms with Gasteiger partial charge in [-0.25, -0.2) is 4.39 Å². The highest BCUT2D eigenvalue weighted by atomic mass is 32.2. The molecule has 0 aliphatic carbocycles. The second-order valence-corrected chi connectivity index (χ2v) is 6.09. The molecule has 4 nitrogen and oxygen atoms in total. The molecule has 1 aromatic heterocycles. The Morgan fingerprint density at radius 2 is 2.14 bits per heavy atom. The summed E-state index contributed by atoms with van der Waals surface area (Å²) in [5, 5.41) is 13.1.